The molecule has 0 unspecified atom stereocenters. The summed E-state index contributed by atoms with van der Waals surface area (Å²) in [6.07, 6.45) is -4.74. The first-order chi connectivity index (χ1) is 14.0. The summed E-state index contributed by atoms with van der Waals surface area (Å²) in [7, 11) is 4.77. The van der Waals surface area contributed by atoms with Crippen LogP contribution in [0.3, 0.4) is 0 Å². The summed E-state index contributed by atoms with van der Waals surface area (Å²) in [4.78, 5) is 22.4. The summed E-state index contributed by atoms with van der Waals surface area (Å²) in [5.41, 5.74) is 4.99. The summed E-state index contributed by atoms with van der Waals surface area (Å²) in [5.74, 6) is -0.599. The van der Waals surface area contributed by atoms with E-state index in [1.807, 2.05) is 6.07 Å². The highest BCUT2D eigenvalue weighted by molar-refractivity contribution is 5.89. The van der Waals surface area contributed by atoms with Crippen LogP contribution in [0.4, 0.5) is 24.9 Å². The highest BCUT2D eigenvalue weighted by Gasteiger charge is 2.31. The van der Waals surface area contributed by atoms with Crippen molar-refractivity contribution < 1.29 is 22.7 Å². The number of nitriles is 1. The number of ketones is 1. The molecule has 0 aliphatic heterocycles. The number of methoxy groups -OCH3 is 1. The van der Waals surface area contributed by atoms with Gasteiger partial charge in [0.2, 0.25) is 11.8 Å². The van der Waals surface area contributed by atoms with Crippen molar-refractivity contribution in [2.45, 2.75) is 26.1 Å². The Bertz CT molecular complexity index is 957. The zero-order valence-electron chi connectivity index (χ0n) is 16.6. The van der Waals surface area contributed by atoms with E-state index in [0.717, 1.165) is 12.1 Å². The Labute approximate surface area is 178 Å². The molecule has 1 aromatic carbocycles. The molecule has 0 fully saturated rings. The number of nitrogen functional groups attached to an aromatic ring is 1. The minimum Gasteiger partial charge on any atom is -0.480 e. The lowest BCUT2D eigenvalue weighted by Crippen LogP contribution is -2.40. The van der Waals surface area contributed by atoms with Gasteiger partial charge < -0.3 is 20.7 Å². The van der Waals surface area contributed by atoms with Crippen LogP contribution in [0.25, 0.3) is 0 Å². The Morgan fingerprint density at radius 3 is 2.58 bits per heavy atom. The van der Waals surface area contributed by atoms with Crippen LogP contribution in [-0.2, 0) is 17.4 Å². The van der Waals surface area contributed by atoms with Gasteiger partial charge in [-0.25, -0.2) is 0 Å². The average Bonchev–Trinajstić information content (AvgIpc) is 2.66. The average molecular weight is 438 g/mol. The second-order valence-corrected chi connectivity index (χ2v) is 6.73. The van der Waals surface area contributed by atoms with E-state index in [2.05, 4.69) is 15.3 Å². The van der Waals surface area contributed by atoms with Crippen molar-refractivity contribution in [3.05, 3.63) is 41.0 Å². The Balaban J connectivity index is 0.00000480. The molecule has 8 nitrogen and oxygen atoms in total. The van der Waals surface area contributed by atoms with Crippen molar-refractivity contribution in [3.8, 4) is 11.9 Å². The van der Waals surface area contributed by atoms with Crippen LogP contribution in [0.2, 0.25) is 0 Å². The first-order valence-electron chi connectivity index (χ1n) is 8.76. The molecule has 0 saturated carbocycles. The number of carbonyl (C=O) groups excluding carboxylic acids is 1. The van der Waals surface area contributed by atoms with Gasteiger partial charge in [0.15, 0.2) is 17.2 Å². The third-order valence-electron chi connectivity index (χ3n) is 4.08. The Morgan fingerprint density at radius 1 is 1.35 bits per heavy atom. The molecule has 0 aliphatic carbocycles. The predicted molar refractivity (Wildman–Crippen MR) is 111 cm³/mol. The number of aromatic nitrogens is 2. The van der Waals surface area contributed by atoms with Crippen LogP contribution in [-0.4, -0.2) is 54.4 Å². The molecule has 1 atom stereocenters. The van der Waals surface area contributed by atoms with E-state index in [1.165, 1.54) is 19.2 Å². The molecule has 1 heterocycles. The largest absolute Gasteiger partial charge is 0.480 e. The molecule has 2 rings (SSSR count). The monoisotopic (exact) mass is 438 g/mol. The topological polar surface area (TPSA) is 117 Å². The maximum Gasteiger partial charge on any atom is 0.416 e. The minimum atomic E-state index is -4.50. The van der Waals surface area contributed by atoms with E-state index in [0.29, 0.717) is 0 Å². The Kier molecular flexibility index (Phi) is 8.76. The van der Waals surface area contributed by atoms with Crippen LogP contribution < -0.4 is 15.8 Å². The molecule has 1 aromatic heterocycles. The molecule has 0 radical (unpaired) electrons. The lowest BCUT2D eigenvalue weighted by atomic mass is 10.0. The highest BCUT2D eigenvalue weighted by atomic mass is 19.4. The fourth-order valence-corrected chi connectivity index (χ4v) is 2.75. The lowest BCUT2D eigenvalue weighted by molar-refractivity contribution is -0.137. The minimum absolute atomic E-state index is 0. The molecule has 31 heavy (non-hydrogen) atoms. The lowest BCUT2D eigenvalue weighted by Gasteiger charge is -2.23. The maximum atomic E-state index is 12.9. The number of alkyl halides is 3. The van der Waals surface area contributed by atoms with Gasteiger partial charge in [-0.15, -0.1) is 0 Å². The van der Waals surface area contributed by atoms with Crippen LogP contribution in [0, 0.1) is 11.3 Å². The summed E-state index contributed by atoms with van der Waals surface area (Å²) in [5, 5.41) is 12.3. The molecule has 0 amide bonds. The van der Waals surface area contributed by atoms with Crippen LogP contribution in [0.1, 0.15) is 24.1 Å². The predicted octanol–water partition coefficient (Wildman–Crippen LogP) is 2.75. The number of nitrogens with one attached hydrogen (secondary N) is 1. The molecule has 3 N–H and O–H groups in total. The molecule has 0 saturated heterocycles. The highest BCUT2D eigenvalue weighted by Crippen LogP contribution is 2.30. The number of benzene rings is 1. The number of likely N-dealkylation sites (N-methyl/N-ethyl adjacent to an activating group) is 1. The zero-order chi connectivity index (χ0) is 22.5. The van der Waals surface area contributed by atoms with Gasteiger partial charge in [0.05, 0.1) is 18.7 Å². The molecule has 0 spiro atoms. The van der Waals surface area contributed by atoms with E-state index >= 15 is 0 Å². The fourth-order valence-electron chi connectivity index (χ4n) is 2.75. The summed E-state index contributed by atoms with van der Waals surface area (Å²) in [6, 6.07) is 5.61. The number of hydrogen-bond acceptors (Lipinski definition) is 8. The van der Waals surface area contributed by atoms with Crippen molar-refractivity contribution in [2.24, 2.45) is 0 Å². The second kappa shape index (κ2) is 10.6. The van der Waals surface area contributed by atoms with Gasteiger partial charge in [-0.1, -0.05) is 25.6 Å². The van der Waals surface area contributed by atoms with Crippen LogP contribution in [0.5, 0.6) is 5.88 Å². The third-order valence-corrected chi connectivity index (χ3v) is 4.08. The van der Waals surface area contributed by atoms with Crippen molar-refractivity contribution in [1.29, 1.82) is 5.26 Å². The normalized spacial score (nSPS) is 11.9. The van der Waals surface area contributed by atoms with Gasteiger partial charge in [0, 0.05) is 13.0 Å². The molecule has 11 heteroatoms. The molecule has 168 valence electrons. The van der Waals surface area contributed by atoms with E-state index in [4.69, 9.17) is 10.5 Å². The van der Waals surface area contributed by atoms with Crippen molar-refractivity contribution in [3.63, 3.8) is 0 Å². The van der Waals surface area contributed by atoms with E-state index in [-0.39, 0.29) is 54.9 Å². The zero-order valence-corrected chi connectivity index (χ0v) is 16.6. The van der Waals surface area contributed by atoms with Gasteiger partial charge in [-0.3, -0.25) is 4.79 Å². The van der Waals surface area contributed by atoms with Crippen LogP contribution >= 0.6 is 0 Å². The summed E-state index contributed by atoms with van der Waals surface area (Å²) in [6.45, 7) is 0.203. The van der Waals surface area contributed by atoms with E-state index in [1.54, 1.807) is 19.0 Å². The number of ether oxygens (including phenoxy) is 1. The number of Topliss-reactive ketones (excluding diaryl/α,β-unsaturated/α-hetero) is 1. The first-order valence-corrected chi connectivity index (χ1v) is 8.76. The number of halogens is 3. The maximum absolute atomic E-state index is 12.9. The smallest absolute Gasteiger partial charge is 0.416 e. The number of hydrogen-bond donors (Lipinski definition) is 2. The van der Waals surface area contributed by atoms with E-state index < -0.39 is 17.8 Å². The quantitative estimate of drug-likeness (QED) is 0.646. The van der Waals surface area contributed by atoms with Crippen LogP contribution in [0.15, 0.2) is 24.3 Å². The number of nitrogens with zero attached hydrogens (tertiary/aromatic N) is 4. The van der Waals surface area contributed by atoms with Gasteiger partial charge in [-0.2, -0.15) is 28.4 Å². The molecule has 2 aromatic rings. The number of rotatable bonds is 8. The van der Waals surface area contributed by atoms with Crippen molar-refractivity contribution in [1.82, 2.24) is 14.9 Å². The van der Waals surface area contributed by atoms with Crippen molar-refractivity contribution in [2.75, 3.05) is 38.8 Å². The Morgan fingerprint density at radius 2 is 2.03 bits per heavy atom. The summed E-state index contributed by atoms with van der Waals surface area (Å²) < 4.78 is 43.9. The number of carbonyl (C=O) groups is 1. The van der Waals surface area contributed by atoms with Gasteiger partial charge in [-0.05, 0) is 25.7 Å². The van der Waals surface area contributed by atoms with Gasteiger partial charge in [0.1, 0.15) is 6.07 Å². The van der Waals surface area contributed by atoms with Gasteiger partial charge in [0.25, 0.3) is 0 Å². The number of nitrogens with two attached hydrogens (primary N) is 1. The SMILES string of the molecule is C.COc1nc(N)nc(N[C@@H](CN(C)C)C(=O)Cc2cccc(C(F)(F)F)c2)c1C#N. The molecular weight excluding hydrogens is 413 g/mol. The van der Waals surface area contributed by atoms with Crippen molar-refractivity contribution >= 4 is 17.5 Å². The summed E-state index contributed by atoms with van der Waals surface area (Å²) >= 11 is 0. The third kappa shape index (κ3) is 6.82. The molecule has 0 aliphatic rings. The first kappa shape index (κ1) is 25.6. The fraction of sp³-hybridized carbons (Fsp3) is 0.400. The standard InChI is InChI=1S/C19H21F3N6O2.CH4/c1-28(2)10-14(25-16-13(9-23)17(30-3)27-18(24)26-16)15(29)8-11-5-4-6-12(7-11)19(20,21)22;/h4-7,14H,8,10H2,1-3H3,(H3,24,25,26,27);1H4/t14-;/m0./s1. The van der Waals surface area contributed by atoms with Gasteiger partial charge >= 0.3 is 6.18 Å². The number of anilines is 2. The molecule has 0 bridgehead atoms. The Hall–Kier alpha value is -3.39. The molecular formula is C20H25F3N6O2. The van der Waals surface area contributed by atoms with E-state index in [9.17, 15) is 23.2 Å². The second-order valence-electron chi connectivity index (χ2n) is 6.73.